The summed E-state index contributed by atoms with van der Waals surface area (Å²) in [7, 11) is 0. The highest BCUT2D eigenvalue weighted by molar-refractivity contribution is 5.97. The van der Waals surface area contributed by atoms with Crippen LogP contribution in [-0.2, 0) is 0 Å². The van der Waals surface area contributed by atoms with Crippen LogP contribution in [0.25, 0.3) is 33.6 Å². The van der Waals surface area contributed by atoms with Crippen molar-refractivity contribution in [3.63, 3.8) is 0 Å². The molecular weight excluding hydrogens is 318 g/mol. The molecule has 0 amide bonds. The second-order valence-electron chi connectivity index (χ2n) is 5.86. The molecule has 0 bridgehead atoms. The van der Waals surface area contributed by atoms with Crippen molar-refractivity contribution in [2.45, 2.75) is 6.92 Å². The number of nitrogens with zero attached hydrogens (tertiary/aromatic N) is 1. The lowest BCUT2D eigenvalue weighted by atomic mass is 10.00. The first kappa shape index (κ1) is 15.1. The molecule has 5 nitrogen and oxygen atoms in total. The lowest BCUT2D eigenvalue weighted by molar-refractivity contribution is 0.404. The summed E-state index contributed by atoms with van der Waals surface area (Å²) in [5, 5.41) is 31.2. The van der Waals surface area contributed by atoms with Crippen LogP contribution in [0.5, 0.6) is 17.2 Å². The largest absolute Gasteiger partial charge is 0.508 e. The number of aryl methyl sites for hydroxylation is 1. The Kier molecular flexibility index (Phi) is 3.35. The summed E-state index contributed by atoms with van der Waals surface area (Å²) in [4.78, 5) is 4.31. The maximum Gasteiger partial charge on any atom is 0.227 e. The van der Waals surface area contributed by atoms with E-state index in [1.807, 2.05) is 25.1 Å². The van der Waals surface area contributed by atoms with E-state index in [-0.39, 0.29) is 17.2 Å². The third kappa shape index (κ3) is 2.46. The van der Waals surface area contributed by atoms with Crippen molar-refractivity contribution in [1.82, 2.24) is 4.98 Å². The fourth-order valence-corrected chi connectivity index (χ4v) is 2.92. The lowest BCUT2D eigenvalue weighted by Gasteiger charge is -2.07. The average Bonchev–Trinajstić information content (AvgIpc) is 3.08. The van der Waals surface area contributed by atoms with E-state index >= 15 is 0 Å². The van der Waals surface area contributed by atoms with Crippen molar-refractivity contribution in [3.8, 4) is 40.0 Å². The standard InChI is InChI=1S/C20H15NO4/c1-11-5-7-14(13-8-6-12(22)9-16(11)13)20-21-10-18(25-20)15-3-2-4-17(23)19(15)24/h2-10,22-24H,1H3. The van der Waals surface area contributed by atoms with Crippen LogP contribution in [-0.4, -0.2) is 20.3 Å². The minimum Gasteiger partial charge on any atom is -0.508 e. The van der Waals surface area contributed by atoms with Gasteiger partial charge in [0.15, 0.2) is 17.3 Å². The lowest BCUT2D eigenvalue weighted by Crippen LogP contribution is -1.84. The van der Waals surface area contributed by atoms with Crippen molar-refractivity contribution in [3.05, 3.63) is 60.3 Å². The molecular formula is C20H15NO4. The van der Waals surface area contributed by atoms with Gasteiger partial charge in [-0.3, -0.25) is 0 Å². The molecule has 0 radical (unpaired) electrons. The number of phenolic OH excluding ortho intramolecular Hbond substituents is 3. The Hall–Kier alpha value is -3.47. The normalized spacial score (nSPS) is 11.1. The first-order valence-corrected chi connectivity index (χ1v) is 7.74. The van der Waals surface area contributed by atoms with Crippen molar-refractivity contribution >= 4 is 10.8 Å². The second kappa shape index (κ2) is 5.56. The number of para-hydroxylation sites is 1. The molecule has 0 aliphatic heterocycles. The van der Waals surface area contributed by atoms with Crippen LogP contribution in [0.1, 0.15) is 5.56 Å². The number of rotatable bonds is 2. The van der Waals surface area contributed by atoms with E-state index in [9.17, 15) is 15.3 Å². The molecule has 3 aromatic carbocycles. The highest BCUT2D eigenvalue weighted by Gasteiger charge is 2.16. The van der Waals surface area contributed by atoms with E-state index in [4.69, 9.17) is 4.42 Å². The predicted octanol–water partition coefficient (Wildman–Crippen LogP) is 4.59. The van der Waals surface area contributed by atoms with Crippen molar-refractivity contribution in [2.24, 2.45) is 0 Å². The smallest absolute Gasteiger partial charge is 0.227 e. The van der Waals surface area contributed by atoms with Crippen LogP contribution in [0.2, 0.25) is 0 Å². The van der Waals surface area contributed by atoms with Gasteiger partial charge in [-0.2, -0.15) is 0 Å². The third-order valence-electron chi connectivity index (χ3n) is 4.23. The van der Waals surface area contributed by atoms with E-state index in [2.05, 4.69) is 4.98 Å². The molecule has 5 heteroatoms. The fourth-order valence-electron chi connectivity index (χ4n) is 2.92. The van der Waals surface area contributed by atoms with E-state index in [1.165, 1.54) is 12.3 Å². The Bertz CT molecular complexity index is 1100. The zero-order valence-corrected chi connectivity index (χ0v) is 13.4. The molecule has 4 aromatic rings. The number of aromatic nitrogens is 1. The minimum absolute atomic E-state index is 0.200. The van der Waals surface area contributed by atoms with Gasteiger partial charge in [-0.05, 0) is 59.7 Å². The van der Waals surface area contributed by atoms with Crippen molar-refractivity contribution < 1.29 is 19.7 Å². The number of fused-ring (bicyclic) bond motifs is 1. The first-order valence-electron chi connectivity index (χ1n) is 7.74. The molecule has 0 saturated heterocycles. The van der Waals surface area contributed by atoms with Gasteiger partial charge in [0.2, 0.25) is 5.89 Å². The second-order valence-corrected chi connectivity index (χ2v) is 5.86. The van der Waals surface area contributed by atoms with Crippen LogP contribution in [0, 0.1) is 6.92 Å². The summed E-state index contributed by atoms with van der Waals surface area (Å²) in [5.74, 6) is 0.491. The Balaban J connectivity index is 1.87. The van der Waals surface area contributed by atoms with Crippen LogP contribution in [0.3, 0.4) is 0 Å². The van der Waals surface area contributed by atoms with Gasteiger partial charge >= 0.3 is 0 Å². The number of aromatic hydroxyl groups is 3. The molecule has 1 heterocycles. The average molecular weight is 333 g/mol. The quantitative estimate of drug-likeness (QED) is 0.467. The van der Waals surface area contributed by atoms with Gasteiger partial charge < -0.3 is 19.7 Å². The summed E-state index contributed by atoms with van der Waals surface area (Å²) in [6.45, 7) is 1.97. The van der Waals surface area contributed by atoms with E-state index in [0.29, 0.717) is 17.2 Å². The maximum atomic E-state index is 10.0. The number of benzene rings is 3. The van der Waals surface area contributed by atoms with Crippen LogP contribution in [0.15, 0.2) is 59.1 Å². The Morgan fingerprint density at radius 3 is 2.56 bits per heavy atom. The summed E-state index contributed by atoms with van der Waals surface area (Å²) in [6.07, 6.45) is 1.51. The van der Waals surface area contributed by atoms with Crippen molar-refractivity contribution in [1.29, 1.82) is 0 Å². The predicted molar refractivity (Wildman–Crippen MR) is 94.6 cm³/mol. The molecule has 25 heavy (non-hydrogen) atoms. The molecule has 0 spiro atoms. The molecule has 0 saturated carbocycles. The van der Waals surface area contributed by atoms with Crippen LogP contribution >= 0.6 is 0 Å². The van der Waals surface area contributed by atoms with Gasteiger partial charge in [0.1, 0.15) is 5.75 Å². The van der Waals surface area contributed by atoms with Gasteiger partial charge in [0.05, 0.1) is 11.8 Å². The maximum absolute atomic E-state index is 10.0. The van der Waals surface area contributed by atoms with Gasteiger partial charge in [0, 0.05) is 5.56 Å². The fraction of sp³-hybridized carbons (Fsp3) is 0.0500. The first-order chi connectivity index (χ1) is 12.0. The number of hydrogen-bond acceptors (Lipinski definition) is 5. The molecule has 4 rings (SSSR count). The molecule has 1 aromatic heterocycles. The van der Waals surface area contributed by atoms with Crippen LogP contribution < -0.4 is 0 Å². The summed E-state index contributed by atoms with van der Waals surface area (Å²) in [5.41, 5.74) is 2.19. The van der Waals surface area contributed by atoms with E-state index in [0.717, 1.165) is 21.9 Å². The van der Waals surface area contributed by atoms with Gasteiger partial charge in [0.25, 0.3) is 0 Å². The van der Waals surface area contributed by atoms with Gasteiger partial charge in [-0.1, -0.05) is 12.1 Å². The zero-order chi connectivity index (χ0) is 17.6. The minimum atomic E-state index is -0.246. The monoisotopic (exact) mass is 333 g/mol. The summed E-state index contributed by atoms with van der Waals surface area (Å²) in [6, 6.07) is 13.7. The molecule has 124 valence electrons. The van der Waals surface area contributed by atoms with E-state index < -0.39 is 0 Å². The topological polar surface area (TPSA) is 86.7 Å². The number of hydrogen-bond donors (Lipinski definition) is 3. The van der Waals surface area contributed by atoms with E-state index in [1.54, 1.807) is 24.3 Å². The number of phenols is 3. The molecule has 0 aliphatic carbocycles. The SMILES string of the molecule is Cc1ccc(-c2ncc(-c3cccc(O)c3O)o2)c2ccc(O)cc12. The summed E-state index contributed by atoms with van der Waals surface area (Å²) < 4.78 is 5.83. The molecule has 0 unspecified atom stereocenters. The highest BCUT2D eigenvalue weighted by atomic mass is 16.4. The Morgan fingerprint density at radius 2 is 1.72 bits per heavy atom. The Labute approximate surface area is 143 Å². The zero-order valence-electron chi connectivity index (χ0n) is 13.4. The Morgan fingerprint density at radius 1 is 0.880 bits per heavy atom. The molecule has 0 atom stereocenters. The van der Waals surface area contributed by atoms with Gasteiger partial charge in [-0.15, -0.1) is 0 Å². The molecule has 0 aliphatic rings. The van der Waals surface area contributed by atoms with Crippen LogP contribution in [0.4, 0.5) is 0 Å². The molecule has 3 N–H and O–H groups in total. The third-order valence-corrected chi connectivity index (χ3v) is 4.23. The van der Waals surface area contributed by atoms with Crippen molar-refractivity contribution in [2.75, 3.05) is 0 Å². The number of oxazole rings is 1. The highest BCUT2D eigenvalue weighted by Crippen LogP contribution is 2.39. The summed E-state index contributed by atoms with van der Waals surface area (Å²) >= 11 is 0. The molecule has 0 fully saturated rings. The van der Waals surface area contributed by atoms with Gasteiger partial charge in [-0.25, -0.2) is 4.98 Å².